The molecule has 43 heavy (non-hydrogen) atoms. The van der Waals surface area contributed by atoms with E-state index in [1.807, 2.05) is 6.07 Å². The molecule has 5 aromatic rings. The molecule has 1 aliphatic rings. The molecule has 0 saturated heterocycles. The van der Waals surface area contributed by atoms with Crippen molar-refractivity contribution in [2.24, 2.45) is 11.8 Å². The summed E-state index contributed by atoms with van der Waals surface area (Å²) in [5, 5.41) is 11.8. The zero-order chi connectivity index (χ0) is 30.4. The van der Waals surface area contributed by atoms with Gasteiger partial charge in [-0.2, -0.15) is 13.2 Å². The quantitative estimate of drug-likeness (QED) is 0.0871. The minimum Gasteiger partial charge on any atom is -0.512 e. The number of aliphatic hydroxyl groups is 1. The number of ketones is 1. The molecule has 1 atom stereocenters. The minimum atomic E-state index is -4.33. The van der Waals surface area contributed by atoms with Gasteiger partial charge in [-0.15, -0.1) is 23.6 Å². The zero-order valence-electron chi connectivity index (χ0n) is 24.5. The van der Waals surface area contributed by atoms with E-state index in [9.17, 15) is 23.1 Å². The van der Waals surface area contributed by atoms with Gasteiger partial charge in [0.25, 0.3) is 0 Å². The van der Waals surface area contributed by atoms with Gasteiger partial charge in [0.2, 0.25) is 5.65 Å². The Balaban J connectivity index is 0.000000219. The molecule has 2 aromatic carbocycles. The molecule has 1 N–H and O–H groups in total. The van der Waals surface area contributed by atoms with E-state index in [4.69, 9.17) is 0 Å². The van der Waals surface area contributed by atoms with Crippen LogP contribution in [0.25, 0.3) is 38.8 Å². The predicted molar refractivity (Wildman–Crippen MR) is 156 cm³/mol. The molecule has 227 valence electrons. The van der Waals surface area contributed by atoms with Crippen molar-refractivity contribution in [2.75, 3.05) is 0 Å². The van der Waals surface area contributed by atoms with Crippen molar-refractivity contribution >= 4 is 33.4 Å². The standard InChI is InChI=1S/C22H16N4.C11H17F3O2.Ir/c1-22(2)17-12-15-8-4-3-7-14(15)11-16(17)19-20-21(24-13-23-19)25-10-6-5-9-18(25)26(20)22;1-4-8(6-11(12,13)14)10(16)5-9(15)7(2)3;/h3-10,12-13H,1-2H3;5,7-8,16H,4,6H2,1-3H3;/b;10-5-;. The van der Waals surface area contributed by atoms with E-state index in [1.165, 1.54) is 10.9 Å². The molecule has 3 aromatic heterocycles. The summed E-state index contributed by atoms with van der Waals surface area (Å²) in [5.41, 5.74) is 6.17. The molecule has 0 spiro atoms. The summed E-state index contributed by atoms with van der Waals surface area (Å²) in [5.74, 6) is -2.19. The number of alkyl halides is 3. The number of carbonyl (C=O) groups excluding carboxylic acids is 1. The Hall–Kier alpha value is -3.62. The first kappa shape index (κ1) is 32.3. The summed E-state index contributed by atoms with van der Waals surface area (Å²) in [4.78, 5) is 20.5. The zero-order valence-corrected chi connectivity index (χ0v) is 26.9. The minimum absolute atomic E-state index is 0. The maximum Gasteiger partial charge on any atom is 0.389 e. The number of allylic oxidation sites excluding steroid dienone is 2. The van der Waals surface area contributed by atoms with E-state index in [1.54, 1.807) is 27.1 Å². The first-order chi connectivity index (χ1) is 19.8. The summed E-state index contributed by atoms with van der Waals surface area (Å²) >= 11 is 0. The number of fused-ring (bicyclic) bond motifs is 6. The van der Waals surface area contributed by atoms with Crippen molar-refractivity contribution in [3.8, 4) is 11.3 Å². The van der Waals surface area contributed by atoms with Gasteiger partial charge in [0.15, 0.2) is 17.6 Å². The molecular formula is C33H33F3IrN4O2. The van der Waals surface area contributed by atoms with Crippen molar-refractivity contribution in [3.05, 3.63) is 84.5 Å². The largest absolute Gasteiger partial charge is 0.512 e. The fourth-order valence-electron chi connectivity index (χ4n) is 5.53. The van der Waals surface area contributed by atoms with Crippen LogP contribution in [0.1, 0.15) is 53.0 Å². The second-order valence-electron chi connectivity index (χ2n) is 11.4. The maximum absolute atomic E-state index is 12.1. The SMILES string of the molecule is CC1(C)c2cc3ccccc3[c-]c2-c2ncnc3c2n1c1cccc[n+]31.CCC(CC(F)(F)F)/C(O)=C/C(=O)C(C)C.[Ir]. The Morgan fingerprint density at radius 3 is 2.51 bits per heavy atom. The van der Waals surface area contributed by atoms with Gasteiger partial charge in [-0.05, 0) is 26.3 Å². The van der Waals surface area contributed by atoms with Crippen LogP contribution in [0.3, 0.4) is 0 Å². The Kier molecular flexibility index (Phi) is 9.14. The number of nitrogens with zero attached hydrogens (tertiary/aromatic N) is 4. The van der Waals surface area contributed by atoms with Crippen LogP contribution >= 0.6 is 0 Å². The second kappa shape index (κ2) is 12.2. The molecule has 6 nitrogen and oxygen atoms in total. The topological polar surface area (TPSA) is 72.1 Å². The average Bonchev–Trinajstić information content (AvgIpc) is 3.30. The fraction of sp³-hybridized carbons (Fsp3) is 0.333. The van der Waals surface area contributed by atoms with Crippen molar-refractivity contribution in [1.82, 2.24) is 14.5 Å². The molecule has 1 radical (unpaired) electrons. The Bertz CT molecular complexity index is 1840. The van der Waals surface area contributed by atoms with Crippen LogP contribution in [0.4, 0.5) is 13.2 Å². The number of halogens is 3. The second-order valence-corrected chi connectivity index (χ2v) is 11.4. The fourth-order valence-corrected chi connectivity index (χ4v) is 5.53. The molecule has 0 fully saturated rings. The Labute approximate surface area is 261 Å². The van der Waals surface area contributed by atoms with Crippen LogP contribution in [0.2, 0.25) is 0 Å². The number of imidazole rings is 1. The number of aliphatic hydroxyl groups excluding tert-OH is 1. The van der Waals surface area contributed by atoms with Crippen molar-refractivity contribution < 1.29 is 47.6 Å². The van der Waals surface area contributed by atoms with Crippen molar-refractivity contribution in [3.63, 3.8) is 0 Å². The molecule has 1 aliphatic heterocycles. The van der Waals surface area contributed by atoms with Gasteiger partial charge in [-0.1, -0.05) is 66.5 Å². The number of rotatable bonds is 5. The number of pyridine rings is 1. The number of aromatic nitrogens is 4. The Morgan fingerprint density at radius 2 is 1.84 bits per heavy atom. The molecular weight excluding hydrogens is 734 g/mol. The van der Waals surface area contributed by atoms with Gasteiger partial charge in [-0.25, -0.2) is 4.40 Å². The van der Waals surface area contributed by atoms with Crippen LogP contribution in [0.5, 0.6) is 0 Å². The first-order valence-electron chi connectivity index (χ1n) is 14.0. The summed E-state index contributed by atoms with van der Waals surface area (Å²) in [6.45, 7) is 9.31. The summed E-state index contributed by atoms with van der Waals surface area (Å²) < 4.78 is 40.9. The van der Waals surface area contributed by atoms with Crippen molar-refractivity contribution in [1.29, 1.82) is 0 Å². The van der Waals surface area contributed by atoms with Gasteiger partial charge >= 0.3 is 11.8 Å². The van der Waals surface area contributed by atoms with E-state index in [2.05, 4.69) is 87.5 Å². The van der Waals surface area contributed by atoms with Crippen LogP contribution in [-0.4, -0.2) is 31.6 Å². The molecule has 4 heterocycles. The Morgan fingerprint density at radius 1 is 1.14 bits per heavy atom. The summed E-state index contributed by atoms with van der Waals surface area (Å²) in [6.07, 6.45) is -0.651. The van der Waals surface area contributed by atoms with Crippen LogP contribution in [-0.2, 0) is 30.4 Å². The molecule has 10 heteroatoms. The molecule has 0 amide bonds. The maximum atomic E-state index is 12.1. The van der Waals surface area contributed by atoms with Gasteiger partial charge in [0, 0.05) is 44.1 Å². The van der Waals surface area contributed by atoms with Crippen LogP contribution in [0.15, 0.2) is 72.9 Å². The third-order valence-electron chi connectivity index (χ3n) is 7.81. The smallest absolute Gasteiger partial charge is 0.389 e. The molecule has 0 bridgehead atoms. The van der Waals surface area contributed by atoms with Gasteiger partial charge < -0.3 is 5.11 Å². The third-order valence-corrected chi connectivity index (χ3v) is 7.81. The summed E-state index contributed by atoms with van der Waals surface area (Å²) in [7, 11) is 0. The van der Waals surface area contributed by atoms with Gasteiger partial charge in [0.05, 0.1) is 29.6 Å². The van der Waals surface area contributed by atoms with Crippen LogP contribution < -0.4 is 4.40 Å². The summed E-state index contributed by atoms with van der Waals surface area (Å²) in [6, 6.07) is 20.6. The average molecular weight is 767 g/mol. The first-order valence-corrected chi connectivity index (χ1v) is 14.0. The van der Waals surface area contributed by atoms with E-state index < -0.39 is 24.3 Å². The molecule has 1 unspecified atom stereocenters. The van der Waals surface area contributed by atoms with Gasteiger partial charge in [0.1, 0.15) is 0 Å². The number of hydrogen-bond donors (Lipinski definition) is 1. The monoisotopic (exact) mass is 767 g/mol. The number of hydrogen-bond acceptors (Lipinski definition) is 4. The number of benzene rings is 2. The molecule has 0 saturated carbocycles. The predicted octanol–water partition coefficient (Wildman–Crippen LogP) is 7.52. The van der Waals surface area contributed by atoms with Crippen LogP contribution in [0, 0.1) is 17.9 Å². The molecule has 6 rings (SSSR count). The van der Waals surface area contributed by atoms with E-state index in [0.29, 0.717) is 0 Å². The third kappa shape index (κ3) is 6.08. The van der Waals surface area contributed by atoms with E-state index in [0.717, 1.165) is 39.5 Å². The van der Waals surface area contributed by atoms with E-state index in [-0.39, 0.29) is 43.8 Å². The molecule has 0 aliphatic carbocycles. The van der Waals surface area contributed by atoms with Gasteiger partial charge in [-0.3, -0.25) is 14.3 Å². The normalized spacial score (nSPS) is 14.7. The number of carbonyl (C=O) groups is 1. The van der Waals surface area contributed by atoms with E-state index >= 15 is 0 Å². The van der Waals surface area contributed by atoms with Crippen molar-refractivity contribution in [2.45, 2.75) is 59.2 Å².